The van der Waals surface area contributed by atoms with E-state index in [1.165, 1.54) is 5.56 Å². The molecule has 0 heterocycles. The Hall–Kier alpha value is -1.13. The van der Waals surface area contributed by atoms with Crippen LogP contribution in [0.3, 0.4) is 0 Å². The smallest absolute Gasteiger partial charge is 0.143 e. The molecular weight excluding hydrogens is 427 g/mol. The second-order valence-corrected chi connectivity index (χ2v) is 9.23. The zero-order chi connectivity index (χ0) is 21.2. The van der Waals surface area contributed by atoms with Crippen molar-refractivity contribution in [1.29, 1.82) is 0 Å². The summed E-state index contributed by atoms with van der Waals surface area (Å²) in [6.07, 6.45) is 4.21. The minimum Gasteiger partial charge on any atom is -0.495 e. The predicted molar refractivity (Wildman–Crippen MR) is 125 cm³/mol. The summed E-state index contributed by atoms with van der Waals surface area (Å²) in [6, 6.07) is 12.3. The molecule has 1 saturated carbocycles. The summed E-state index contributed by atoms with van der Waals surface area (Å²) in [7, 11) is 5.99. The predicted octanol–water partition coefficient (Wildman–Crippen LogP) is 6.88. The Bertz CT molecular complexity index is 828. The van der Waals surface area contributed by atoms with E-state index < -0.39 is 0 Å². The lowest BCUT2D eigenvalue weighted by atomic mass is 9.73. The summed E-state index contributed by atoms with van der Waals surface area (Å²) in [5.41, 5.74) is 2.24. The first-order valence-electron chi connectivity index (χ1n) is 10.0. The van der Waals surface area contributed by atoms with E-state index in [4.69, 9.17) is 39.5 Å². The minimum atomic E-state index is -0.0610. The molecule has 0 aromatic heterocycles. The van der Waals surface area contributed by atoms with Crippen LogP contribution in [0.25, 0.3) is 0 Å². The molecule has 0 amide bonds. The monoisotopic (exact) mass is 454 g/mol. The van der Waals surface area contributed by atoms with Crippen molar-refractivity contribution in [1.82, 2.24) is 4.90 Å². The van der Waals surface area contributed by atoms with Crippen LogP contribution in [0, 0.1) is 0 Å². The lowest BCUT2D eigenvalue weighted by Gasteiger charge is -2.48. The lowest BCUT2D eigenvalue weighted by Crippen LogP contribution is -2.49. The van der Waals surface area contributed by atoms with Gasteiger partial charge in [-0.1, -0.05) is 34.8 Å². The molecule has 0 bridgehead atoms. The largest absolute Gasteiger partial charge is 0.495 e. The van der Waals surface area contributed by atoms with Crippen LogP contribution in [0.15, 0.2) is 36.4 Å². The molecule has 0 unspecified atom stereocenters. The SMILES string of the molecule is CCN(c1ccc(Cl)cc1OC)C1CCC(c2cc(Cl)cc(Cl)c2)(N(C)C)CC1. The average Bonchev–Trinajstić information content (AvgIpc) is 2.69. The van der Waals surface area contributed by atoms with Crippen LogP contribution in [0.2, 0.25) is 15.1 Å². The molecule has 2 aromatic rings. The topological polar surface area (TPSA) is 15.7 Å². The van der Waals surface area contributed by atoms with Gasteiger partial charge in [-0.05, 0) is 82.6 Å². The Morgan fingerprint density at radius 2 is 1.59 bits per heavy atom. The minimum absolute atomic E-state index is 0.0610. The highest BCUT2D eigenvalue weighted by atomic mass is 35.5. The molecular formula is C23H29Cl3N2O. The molecule has 0 atom stereocenters. The highest BCUT2D eigenvalue weighted by molar-refractivity contribution is 6.34. The first-order valence-corrected chi connectivity index (χ1v) is 11.2. The summed E-state index contributed by atoms with van der Waals surface area (Å²) < 4.78 is 5.61. The van der Waals surface area contributed by atoms with E-state index in [0.29, 0.717) is 21.1 Å². The second-order valence-electron chi connectivity index (χ2n) is 7.92. The first kappa shape index (κ1) is 22.6. The number of methoxy groups -OCH3 is 1. The van der Waals surface area contributed by atoms with E-state index in [1.54, 1.807) is 13.2 Å². The molecule has 6 heteroatoms. The van der Waals surface area contributed by atoms with Crippen LogP contribution < -0.4 is 9.64 Å². The molecule has 1 aliphatic carbocycles. The normalized spacial score (nSPS) is 22.0. The third-order valence-corrected chi connectivity index (χ3v) is 6.94. The summed E-state index contributed by atoms with van der Waals surface area (Å²) in [5, 5.41) is 2.07. The van der Waals surface area contributed by atoms with Gasteiger partial charge < -0.3 is 9.64 Å². The Balaban J connectivity index is 1.87. The fourth-order valence-electron chi connectivity index (χ4n) is 4.72. The number of ether oxygens (including phenoxy) is 1. The number of hydrogen-bond acceptors (Lipinski definition) is 3. The molecule has 0 aliphatic heterocycles. The molecule has 0 saturated heterocycles. The van der Waals surface area contributed by atoms with E-state index in [1.807, 2.05) is 12.1 Å². The van der Waals surface area contributed by atoms with Gasteiger partial charge in [-0.15, -0.1) is 0 Å². The van der Waals surface area contributed by atoms with E-state index >= 15 is 0 Å². The van der Waals surface area contributed by atoms with Gasteiger partial charge in [0, 0.05) is 39.3 Å². The Morgan fingerprint density at radius 3 is 2.10 bits per heavy atom. The van der Waals surface area contributed by atoms with Crippen molar-refractivity contribution in [3.8, 4) is 5.75 Å². The van der Waals surface area contributed by atoms with Crippen molar-refractivity contribution >= 4 is 40.5 Å². The van der Waals surface area contributed by atoms with Gasteiger partial charge in [-0.2, -0.15) is 0 Å². The quantitative estimate of drug-likeness (QED) is 0.472. The fraction of sp³-hybridized carbons (Fsp3) is 0.478. The van der Waals surface area contributed by atoms with Crippen LogP contribution in [-0.2, 0) is 5.54 Å². The van der Waals surface area contributed by atoms with E-state index in [0.717, 1.165) is 43.7 Å². The number of anilines is 1. The molecule has 3 rings (SSSR count). The van der Waals surface area contributed by atoms with Crippen molar-refractivity contribution in [3.63, 3.8) is 0 Å². The molecule has 2 aromatic carbocycles. The van der Waals surface area contributed by atoms with Gasteiger partial charge in [0.15, 0.2) is 0 Å². The maximum atomic E-state index is 6.33. The third-order valence-electron chi connectivity index (χ3n) is 6.27. The van der Waals surface area contributed by atoms with Gasteiger partial charge in [0.25, 0.3) is 0 Å². The van der Waals surface area contributed by atoms with Crippen molar-refractivity contribution in [2.24, 2.45) is 0 Å². The summed E-state index contributed by atoms with van der Waals surface area (Å²) in [5.74, 6) is 0.824. The van der Waals surface area contributed by atoms with Crippen LogP contribution in [-0.4, -0.2) is 38.7 Å². The Morgan fingerprint density at radius 1 is 0.966 bits per heavy atom. The maximum absolute atomic E-state index is 6.33. The highest BCUT2D eigenvalue weighted by Gasteiger charge is 2.40. The van der Waals surface area contributed by atoms with E-state index in [9.17, 15) is 0 Å². The number of halogens is 3. The maximum Gasteiger partial charge on any atom is 0.143 e. The van der Waals surface area contributed by atoms with E-state index in [-0.39, 0.29) is 5.54 Å². The number of rotatable bonds is 6. The summed E-state index contributed by atoms with van der Waals surface area (Å²) >= 11 is 18.8. The van der Waals surface area contributed by atoms with Crippen LogP contribution >= 0.6 is 34.8 Å². The lowest BCUT2D eigenvalue weighted by molar-refractivity contribution is 0.0903. The van der Waals surface area contributed by atoms with E-state index in [2.05, 4.69) is 49.0 Å². The van der Waals surface area contributed by atoms with Gasteiger partial charge in [-0.3, -0.25) is 4.90 Å². The molecule has 29 heavy (non-hydrogen) atoms. The number of benzene rings is 2. The molecule has 1 aliphatic rings. The van der Waals surface area contributed by atoms with Gasteiger partial charge in [0.2, 0.25) is 0 Å². The van der Waals surface area contributed by atoms with Gasteiger partial charge in [0.05, 0.1) is 12.8 Å². The van der Waals surface area contributed by atoms with Crippen molar-refractivity contribution in [2.75, 3.05) is 32.6 Å². The number of nitrogens with zero attached hydrogens (tertiary/aromatic N) is 2. The Labute approximate surface area is 189 Å². The summed E-state index contributed by atoms with van der Waals surface area (Å²) in [4.78, 5) is 4.77. The standard InChI is InChI=1S/C23H29Cl3N2O/c1-5-28(21-7-6-17(24)15-22(21)29-4)20-8-10-23(11-9-20,27(2)3)16-12-18(25)14-19(26)13-16/h6-7,12-15,20H,5,8-11H2,1-4H3. The summed E-state index contributed by atoms with van der Waals surface area (Å²) in [6.45, 7) is 3.11. The molecule has 3 nitrogen and oxygen atoms in total. The van der Waals surface area contributed by atoms with Crippen LogP contribution in [0.1, 0.15) is 38.2 Å². The highest BCUT2D eigenvalue weighted by Crippen LogP contribution is 2.45. The first-order chi connectivity index (χ1) is 13.8. The van der Waals surface area contributed by atoms with Gasteiger partial charge in [0.1, 0.15) is 5.75 Å². The van der Waals surface area contributed by atoms with Crippen molar-refractivity contribution in [3.05, 3.63) is 57.0 Å². The number of hydrogen-bond donors (Lipinski definition) is 0. The zero-order valence-electron chi connectivity index (χ0n) is 17.5. The van der Waals surface area contributed by atoms with Gasteiger partial charge >= 0.3 is 0 Å². The average molecular weight is 456 g/mol. The molecule has 0 radical (unpaired) electrons. The van der Waals surface area contributed by atoms with Gasteiger partial charge in [-0.25, -0.2) is 0 Å². The van der Waals surface area contributed by atoms with Crippen LogP contribution in [0.5, 0.6) is 5.75 Å². The van der Waals surface area contributed by atoms with Crippen molar-refractivity contribution < 1.29 is 4.74 Å². The zero-order valence-corrected chi connectivity index (χ0v) is 19.8. The molecule has 1 fully saturated rings. The van der Waals surface area contributed by atoms with Crippen LogP contribution in [0.4, 0.5) is 5.69 Å². The second kappa shape index (κ2) is 9.34. The fourth-order valence-corrected chi connectivity index (χ4v) is 5.41. The Kier molecular flexibility index (Phi) is 7.27. The third kappa shape index (κ3) is 4.64. The molecule has 0 spiro atoms. The molecule has 158 valence electrons. The molecule has 0 N–H and O–H groups in total. The van der Waals surface area contributed by atoms with Crippen molar-refractivity contribution in [2.45, 2.75) is 44.2 Å².